The highest BCUT2D eigenvalue weighted by atomic mass is 32.2. The summed E-state index contributed by atoms with van der Waals surface area (Å²) in [6.45, 7) is 4.44. The number of aliphatic hydroxyl groups is 1. The fourth-order valence-electron chi connectivity index (χ4n) is 2.94. The molecule has 1 aliphatic rings. The second kappa shape index (κ2) is 7.79. The van der Waals surface area contributed by atoms with Crippen molar-refractivity contribution in [3.8, 4) is 0 Å². The van der Waals surface area contributed by atoms with Gasteiger partial charge in [-0.15, -0.1) is 0 Å². The Morgan fingerprint density at radius 1 is 1.26 bits per heavy atom. The molecule has 1 aromatic carbocycles. The third-order valence-electron chi connectivity index (χ3n) is 4.48. The van der Waals surface area contributed by atoms with Gasteiger partial charge in [-0.1, -0.05) is 0 Å². The summed E-state index contributed by atoms with van der Waals surface area (Å²) in [7, 11) is -3.65. The minimum atomic E-state index is -3.65. The molecule has 3 rings (SSSR count). The minimum absolute atomic E-state index is 0.110. The van der Waals surface area contributed by atoms with Crippen LogP contribution in [0.15, 0.2) is 41.4 Å². The fourth-order valence-corrected chi connectivity index (χ4v) is 4.46. The number of hydrogen-bond acceptors (Lipinski definition) is 5. The van der Waals surface area contributed by atoms with Gasteiger partial charge in [-0.05, 0) is 57.0 Å². The smallest absolute Gasteiger partial charge is 0.276 e. The van der Waals surface area contributed by atoms with Crippen molar-refractivity contribution in [2.24, 2.45) is 0 Å². The summed E-state index contributed by atoms with van der Waals surface area (Å²) in [5.74, 6) is -0.357. The van der Waals surface area contributed by atoms with Gasteiger partial charge in [-0.2, -0.15) is 9.40 Å². The average molecular weight is 392 g/mol. The number of piperidine rings is 1. The molecule has 9 heteroatoms. The number of nitrogens with one attached hydrogen (secondary N) is 1. The van der Waals surface area contributed by atoms with E-state index in [-0.39, 0.29) is 23.4 Å². The molecule has 1 aliphatic heterocycles. The molecule has 146 valence electrons. The van der Waals surface area contributed by atoms with Crippen LogP contribution in [0.1, 0.15) is 43.2 Å². The van der Waals surface area contributed by atoms with Gasteiger partial charge in [0.1, 0.15) is 0 Å². The van der Waals surface area contributed by atoms with Crippen LogP contribution < -0.4 is 5.32 Å². The topological polar surface area (TPSA) is 105 Å². The Balaban J connectivity index is 1.70. The molecule has 1 aromatic heterocycles. The van der Waals surface area contributed by atoms with Gasteiger partial charge in [0.25, 0.3) is 5.91 Å². The lowest BCUT2D eigenvalue weighted by molar-refractivity contribution is 0.102. The summed E-state index contributed by atoms with van der Waals surface area (Å²) in [6, 6.07) is 7.80. The molecule has 1 atom stereocenters. The molecule has 8 nitrogen and oxygen atoms in total. The first-order chi connectivity index (χ1) is 12.8. The molecular weight excluding hydrogens is 368 g/mol. The second-order valence-corrected chi connectivity index (χ2v) is 8.85. The Hall–Kier alpha value is -2.23. The molecule has 1 saturated heterocycles. The molecule has 2 aromatic rings. The highest BCUT2D eigenvalue weighted by molar-refractivity contribution is 7.89. The molecule has 0 spiro atoms. The van der Waals surface area contributed by atoms with Crippen LogP contribution in [0, 0.1) is 0 Å². The van der Waals surface area contributed by atoms with Gasteiger partial charge >= 0.3 is 0 Å². The van der Waals surface area contributed by atoms with Crippen molar-refractivity contribution < 1.29 is 18.3 Å². The van der Waals surface area contributed by atoms with Gasteiger partial charge in [0.15, 0.2) is 5.69 Å². The van der Waals surface area contributed by atoms with E-state index in [9.17, 15) is 18.3 Å². The van der Waals surface area contributed by atoms with Crippen molar-refractivity contribution in [1.29, 1.82) is 0 Å². The van der Waals surface area contributed by atoms with Crippen LogP contribution in [-0.2, 0) is 10.0 Å². The molecule has 0 aliphatic carbocycles. The SMILES string of the molecule is CC(C)n1ccc(C(=O)Nc2ccc(S(=O)(=O)N3CCC[C@@H](O)C3)cc2)n1. The number of aromatic nitrogens is 2. The maximum absolute atomic E-state index is 12.7. The average Bonchev–Trinajstić information content (AvgIpc) is 3.13. The fraction of sp³-hybridized carbons (Fsp3) is 0.444. The lowest BCUT2D eigenvalue weighted by Crippen LogP contribution is -2.42. The molecular formula is C18H24N4O4S. The van der Waals surface area contributed by atoms with Crippen molar-refractivity contribution in [3.63, 3.8) is 0 Å². The van der Waals surface area contributed by atoms with Gasteiger partial charge in [-0.3, -0.25) is 9.48 Å². The van der Waals surface area contributed by atoms with Gasteiger partial charge in [0.2, 0.25) is 10.0 Å². The van der Waals surface area contributed by atoms with Crippen molar-refractivity contribution in [3.05, 3.63) is 42.2 Å². The Labute approximate surface area is 158 Å². The van der Waals surface area contributed by atoms with E-state index in [0.717, 1.165) is 0 Å². The number of carbonyl (C=O) groups excluding carboxylic acids is 1. The number of hydrogen-bond donors (Lipinski definition) is 2. The van der Waals surface area contributed by atoms with Crippen molar-refractivity contribution >= 4 is 21.6 Å². The van der Waals surface area contributed by atoms with E-state index in [2.05, 4.69) is 10.4 Å². The van der Waals surface area contributed by atoms with E-state index in [1.807, 2.05) is 13.8 Å². The number of carbonyl (C=O) groups is 1. The Morgan fingerprint density at radius 2 is 1.96 bits per heavy atom. The minimum Gasteiger partial charge on any atom is -0.392 e. The van der Waals surface area contributed by atoms with E-state index < -0.39 is 16.1 Å². The van der Waals surface area contributed by atoms with E-state index in [1.165, 1.54) is 16.4 Å². The number of anilines is 1. The standard InChI is InChI=1S/C18H24N4O4S/c1-13(2)22-11-9-17(20-22)18(24)19-14-5-7-16(8-6-14)27(25,26)21-10-3-4-15(23)12-21/h5-9,11,13,15,23H,3-4,10,12H2,1-2H3,(H,19,24)/t15-/m1/s1. The van der Waals surface area contributed by atoms with E-state index in [0.29, 0.717) is 30.8 Å². The number of amides is 1. The highest BCUT2D eigenvalue weighted by Crippen LogP contribution is 2.22. The quantitative estimate of drug-likeness (QED) is 0.808. The predicted octanol–water partition coefficient (Wildman–Crippen LogP) is 1.86. The van der Waals surface area contributed by atoms with Gasteiger partial charge < -0.3 is 10.4 Å². The number of sulfonamides is 1. The molecule has 2 N–H and O–H groups in total. The highest BCUT2D eigenvalue weighted by Gasteiger charge is 2.29. The number of benzene rings is 1. The summed E-state index contributed by atoms with van der Waals surface area (Å²) in [4.78, 5) is 12.4. The number of rotatable bonds is 5. The van der Waals surface area contributed by atoms with Crippen molar-refractivity contribution in [1.82, 2.24) is 14.1 Å². The number of nitrogens with zero attached hydrogens (tertiary/aromatic N) is 3. The first-order valence-corrected chi connectivity index (χ1v) is 10.4. The Bertz CT molecular complexity index is 906. The molecule has 1 fully saturated rings. The summed E-state index contributed by atoms with van der Waals surface area (Å²) in [6.07, 6.45) is 2.36. The largest absolute Gasteiger partial charge is 0.392 e. The van der Waals surface area contributed by atoms with Crippen LogP contribution in [-0.4, -0.2) is 52.7 Å². The summed E-state index contributed by atoms with van der Waals surface area (Å²) >= 11 is 0. The zero-order chi connectivity index (χ0) is 19.6. The third-order valence-corrected chi connectivity index (χ3v) is 6.36. The van der Waals surface area contributed by atoms with Crippen molar-refractivity contribution in [2.75, 3.05) is 18.4 Å². The van der Waals surface area contributed by atoms with E-state index in [1.54, 1.807) is 29.1 Å². The Morgan fingerprint density at radius 3 is 2.56 bits per heavy atom. The lowest BCUT2D eigenvalue weighted by Gasteiger charge is -2.29. The second-order valence-electron chi connectivity index (χ2n) is 6.91. The zero-order valence-corrected chi connectivity index (χ0v) is 16.2. The van der Waals surface area contributed by atoms with Gasteiger partial charge in [-0.25, -0.2) is 8.42 Å². The van der Waals surface area contributed by atoms with Gasteiger partial charge in [0.05, 0.1) is 11.0 Å². The molecule has 1 amide bonds. The molecule has 2 heterocycles. The Kier molecular flexibility index (Phi) is 5.64. The van der Waals surface area contributed by atoms with Crippen LogP contribution >= 0.6 is 0 Å². The molecule has 27 heavy (non-hydrogen) atoms. The zero-order valence-electron chi connectivity index (χ0n) is 15.4. The van der Waals surface area contributed by atoms with Crippen LogP contribution in [0.5, 0.6) is 0 Å². The number of β-amino-alcohol motifs (C(OH)–C–C–N with tert-alkyl or cyclic N) is 1. The predicted molar refractivity (Wildman–Crippen MR) is 101 cm³/mol. The van der Waals surface area contributed by atoms with Gasteiger partial charge in [0, 0.05) is 31.0 Å². The van der Waals surface area contributed by atoms with Crippen LogP contribution in [0.4, 0.5) is 5.69 Å². The lowest BCUT2D eigenvalue weighted by atomic mass is 10.1. The van der Waals surface area contributed by atoms with Crippen LogP contribution in [0.3, 0.4) is 0 Å². The summed E-state index contributed by atoms with van der Waals surface area (Å²) in [5, 5.41) is 16.6. The molecule has 0 saturated carbocycles. The summed E-state index contributed by atoms with van der Waals surface area (Å²) < 4.78 is 28.3. The van der Waals surface area contributed by atoms with E-state index in [4.69, 9.17) is 0 Å². The van der Waals surface area contributed by atoms with Crippen LogP contribution in [0.25, 0.3) is 0 Å². The molecule has 0 radical (unpaired) electrons. The maximum Gasteiger partial charge on any atom is 0.276 e. The van der Waals surface area contributed by atoms with Crippen molar-refractivity contribution in [2.45, 2.75) is 43.7 Å². The van der Waals surface area contributed by atoms with Crippen LogP contribution in [0.2, 0.25) is 0 Å². The summed E-state index contributed by atoms with van der Waals surface area (Å²) in [5.41, 5.74) is 0.777. The molecule has 0 bridgehead atoms. The molecule has 0 unspecified atom stereocenters. The first kappa shape index (κ1) is 19.5. The normalized spacial score (nSPS) is 18.6. The monoisotopic (exact) mass is 392 g/mol. The maximum atomic E-state index is 12.7. The van der Waals surface area contributed by atoms with E-state index >= 15 is 0 Å². The first-order valence-electron chi connectivity index (χ1n) is 8.92. The third kappa shape index (κ3) is 4.37. The number of aliphatic hydroxyl groups excluding tert-OH is 1.